The Hall–Kier alpha value is -2.50. The minimum atomic E-state index is -0.558. The van der Waals surface area contributed by atoms with E-state index in [0.717, 1.165) is 17.9 Å². The number of hydrogen-bond donors (Lipinski definition) is 1. The van der Waals surface area contributed by atoms with E-state index in [-0.39, 0.29) is 11.8 Å². The van der Waals surface area contributed by atoms with Gasteiger partial charge >= 0.3 is 0 Å². The van der Waals surface area contributed by atoms with E-state index >= 15 is 0 Å². The van der Waals surface area contributed by atoms with Crippen LogP contribution in [0.5, 0.6) is 17.2 Å². The molecule has 0 saturated carbocycles. The summed E-state index contributed by atoms with van der Waals surface area (Å²) in [5, 5.41) is 10.5. The zero-order valence-electron chi connectivity index (χ0n) is 13.7. The van der Waals surface area contributed by atoms with Gasteiger partial charge in [-0.2, -0.15) is 0 Å². The van der Waals surface area contributed by atoms with Gasteiger partial charge in [0.1, 0.15) is 11.4 Å². The maximum Gasteiger partial charge on any atom is 0.174 e. The van der Waals surface area contributed by atoms with Crippen LogP contribution in [0.25, 0.3) is 0 Å². The number of rotatable bonds is 1. The smallest absolute Gasteiger partial charge is 0.174 e. The molecule has 1 spiro atoms. The second kappa shape index (κ2) is 5.51. The van der Waals surface area contributed by atoms with Gasteiger partial charge in [-0.3, -0.25) is 0 Å². The third-order valence-electron chi connectivity index (χ3n) is 5.02. The maximum atomic E-state index is 10.5. The molecule has 1 aliphatic carbocycles. The highest BCUT2D eigenvalue weighted by molar-refractivity contribution is 5.82. The van der Waals surface area contributed by atoms with Gasteiger partial charge < -0.3 is 24.2 Å². The number of nitrogens with zero attached hydrogens (tertiary/aromatic N) is 1. The number of ether oxygens (including phenoxy) is 3. The molecule has 1 unspecified atom stereocenters. The summed E-state index contributed by atoms with van der Waals surface area (Å²) in [5.74, 6) is 1.08. The van der Waals surface area contributed by atoms with Gasteiger partial charge in [0, 0.05) is 12.8 Å². The fraction of sp³-hybridized carbons (Fsp3) is 0.300. The van der Waals surface area contributed by atoms with Crippen molar-refractivity contribution in [3.05, 3.63) is 54.6 Å². The van der Waals surface area contributed by atoms with Gasteiger partial charge in [0.05, 0.1) is 24.9 Å². The monoisotopic (exact) mass is 337 g/mol. The Morgan fingerprint density at radius 2 is 1.80 bits per heavy atom. The van der Waals surface area contributed by atoms with Gasteiger partial charge in [-0.05, 0) is 24.3 Å². The molecule has 2 aliphatic heterocycles. The average molecular weight is 337 g/mol. The first kappa shape index (κ1) is 14.8. The summed E-state index contributed by atoms with van der Waals surface area (Å²) >= 11 is 0. The molecule has 0 amide bonds. The molecule has 0 bridgehead atoms. The molecule has 1 fully saturated rings. The van der Waals surface area contributed by atoms with Crippen molar-refractivity contribution in [2.45, 2.75) is 24.7 Å². The Morgan fingerprint density at radius 1 is 1.00 bits per heavy atom. The van der Waals surface area contributed by atoms with Gasteiger partial charge in [-0.15, -0.1) is 0 Å². The van der Waals surface area contributed by atoms with Crippen molar-refractivity contribution in [1.82, 2.24) is 0 Å². The largest absolute Gasteiger partial charge is 0.506 e. The molecule has 25 heavy (non-hydrogen) atoms. The Bertz CT molecular complexity index is 841. The molecule has 2 heterocycles. The van der Waals surface area contributed by atoms with Crippen LogP contribution in [-0.2, 0) is 9.47 Å². The molecule has 1 saturated heterocycles. The highest BCUT2D eigenvalue weighted by Crippen LogP contribution is 2.52. The number of phenols is 1. The van der Waals surface area contributed by atoms with Gasteiger partial charge in [-0.1, -0.05) is 30.4 Å². The zero-order chi connectivity index (χ0) is 16.9. The summed E-state index contributed by atoms with van der Waals surface area (Å²) in [6.07, 6.45) is 5.72. The predicted octanol–water partition coefficient (Wildman–Crippen LogP) is 4.10. The van der Waals surface area contributed by atoms with Gasteiger partial charge in [0.2, 0.25) is 0 Å². The Balaban J connectivity index is 1.63. The second-order valence-corrected chi connectivity index (χ2v) is 6.58. The number of hydrogen-bond acceptors (Lipinski definition) is 5. The third-order valence-corrected chi connectivity index (χ3v) is 5.02. The van der Waals surface area contributed by atoms with E-state index in [2.05, 4.69) is 17.1 Å². The van der Waals surface area contributed by atoms with Crippen molar-refractivity contribution in [1.29, 1.82) is 0 Å². The normalized spacial score (nSPS) is 23.2. The number of benzene rings is 2. The van der Waals surface area contributed by atoms with Crippen LogP contribution in [0.1, 0.15) is 12.8 Å². The van der Waals surface area contributed by atoms with Crippen molar-refractivity contribution in [3.8, 4) is 17.2 Å². The Morgan fingerprint density at radius 3 is 2.68 bits per heavy atom. The number of fused-ring (bicyclic) bond motifs is 2. The summed E-state index contributed by atoms with van der Waals surface area (Å²) in [7, 11) is 0. The molecule has 128 valence electrons. The lowest BCUT2D eigenvalue weighted by atomic mass is 9.93. The van der Waals surface area contributed by atoms with Crippen LogP contribution >= 0.6 is 0 Å². The lowest BCUT2D eigenvalue weighted by Crippen LogP contribution is -2.43. The molecule has 1 N–H and O–H groups in total. The van der Waals surface area contributed by atoms with Crippen molar-refractivity contribution >= 4 is 11.4 Å². The van der Waals surface area contributed by atoms with E-state index in [1.807, 2.05) is 30.3 Å². The summed E-state index contributed by atoms with van der Waals surface area (Å²) in [5.41, 5.74) is 1.62. The molecule has 2 aromatic carbocycles. The minimum absolute atomic E-state index is 0.00366. The quantitative estimate of drug-likeness (QED) is 0.794. The fourth-order valence-corrected chi connectivity index (χ4v) is 3.95. The van der Waals surface area contributed by atoms with Crippen LogP contribution in [-0.4, -0.2) is 30.1 Å². The van der Waals surface area contributed by atoms with Crippen molar-refractivity contribution in [2.75, 3.05) is 18.1 Å². The van der Waals surface area contributed by atoms with Gasteiger partial charge in [0.25, 0.3) is 0 Å². The summed E-state index contributed by atoms with van der Waals surface area (Å²) in [6.45, 7) is 1.25. The fourth-order valence-electron chi connectivity index (χ4n) is 3.95. The van der Waals surface area contributed by atoms with Crippen LogP contribution in [0, 0.1) is 0 Å². The first-order valence-corrected chi connectivity index (χ1v) is 8.58. The molecule has 5 rings (SSSR count). The van der Waals surface area contributed by atoms with E-state index in [4.69, 9.17) is 14.2 Å². The number of aromatic hydroxyl groups is 1. The zero-order valence-corrected chi connectivity index (χ0v) is 13.7. The summed E-state index contributed by atoms with van der Waals surface area (Å²) < 4.78 is 17.8. The lowest BCUT2D eigenvalue weighted by molar-refractivity contribution is -0.162. The van der Waals surface area contributed by atoms with Crippen LogP contribution in [0.3, 0.4) is 0 Å². The molecule has 3 aliphatic rings. The van der Waals surface area contributed by atoms with Gasteiger partial charge in [-0.25, -0.2) is 0 Å². The molecule has 0 radical (unpaired) electrons. The van der Waals surface area contributed by atoms with E-state index in [1.165, 1.54) is 0 Å². The van der Waals surface area contributed by atoms with Crippen LogP contribution in [0.4, 0.5) is 11.4 Å². The highest BCUT2D eigenvalue weighted by atomic mass is 16.7. The van der Waals surface area contributed by atoms with Crippen molar-refractivity contribution < 1.29 is 19.3 Å². The van der Waals surface area contributed by atoms with Crippen molar-refractivity contribution in [3.63, 3.8) is 0 Å². The predicted molar refractivity (Wildman–Crippen MR) is 93.6 cm³/mol. The first-order valence-electron chi connectivity index (χ1n) is 8.58. The summed E-state index contributed by atoms with van der Waals surface area (Å²) in [4.78, 5) is 2.13. The van der Waals surface area contributed by atoms with Gasteiger partial charge in [0.15, 0.2) is 17.3 Å². The highest BCUT2D eigenvalue weighted by Gasteiger charge is 2.43. The standard InChI is InChI=1S/C20H19NO4/c22-16-7-3-9-18-19(16)21(15-6-1-2-8-17(15)25-18)14-5-4-10-20(13-14)23-11-12-24-20/h1-9,14,22H,10-13H2. The SMILES string of the molecule is Oc1cccc2c1N(C1C=CCC3(C1)OCCO3)c1ccccc1O2. The number of phenolic OH excluding ortho intramolecular Hbond substituents is 1. The second-order valence-electron chi connectivity index (χ2n) is 6.58. The number of anilines is 2. The van der Waals surface area contributed by atoms with E-state index < -0.39 is 5.79 Å². The molecule has 1 atom stereocenters. The molecular formula is C20H19NO4. The number of para-hydroxylation sites is 3. The Labute approximate surface area is 146 Å². The maximum absolute atomic E-state index is 10.5. The lowest BCUT2D eigenvalue weighted by Gasteiger charge is -2.42. The van der Waals surface area contributed by atoms with E-state index in [1.54, 1.807) is 12.1 Å². The first-order chi connectivity index (χ1) is 12.3. The molecule has 5 heteroatoms. The molecule has 0 aromatic heterocycles. The van der Waals surface area contributed by atoms with Crippen LogP contribution in [0.2, 0.25) is 0 Å². The minimum Gasteiger partial charge on any atom is -0.506 e. The van der Waals surface area contributed by atoms with Crippen molar-refractivity contribution in [2.24, 2.45) is 0 Å². The van der Waals surface area contributed by atoms with Crippen LogP contribution in [0.15, 0.2) is 54.6 Å². The van der Waals surface area contributed by atoms with E-state index in [0.29, 0.717) is 31.1 Å². The third kappa shape index (κ3) is 2.31. The van der Waals surface area contributed by atoms with Crippen LogP contribution < -0.4 is 9.64 Å². The summed E-state index contributed by atoms with van der Waals surface area (Å²) in [6, 6.07) is 13.2. The average Bonchev–Trinajstić information content (AvgIpc) is 3.07. The molecule has 2 aromatic rings. The topological polar surface area (TPSA) is 51.2 Å². The Kier molecular flexibility index (Phi) is 3.26. The molecular weight excluding hydrogens is 318 g/mol. The molecule has 5 nitrogen and oxygen atoms in total. The van der Waals surface area contributed by atoms with E-state index in [9.17, 15) is 5.11 Å².